The number of benzene rings is 2. The van der Waals surface area contributed by atoms with Crippen molar-refractivity contribution in [3.8, 4) is 5.82 Å². The summed E-state index contributed by atoms with van der Waals surface area (Å²) in [6.07, 6.45) is 0.286. The van der Waals surface area contributed by atoms with Gasteiger partial charge in [-0.3, -0.25) is 4.57 Å². The Kier molecular flexibility index (Phi) is 8.13. The summed E-state index contributed by atoms with van der Waals surface area (Å²) in [5.74, 6) is 1.64. The molecule has 0 fully saturated rings. The topological polar surface area (TPSA) is 117 Å². The van der Waals surface area contributed by atoms with Crippen LogP contribution in [0, 0.1) is 0 Å². The number of hydrogen-bond donors (Lipinski definition) is 4. The fourth-order valence-electron chi connectivity index (χ4n) is 3.54. The minimum Gasteiger partial charge on any atom is -0.392 e. The van der Waals surface area contributed by atoms with Gasteiger partial charge in [-0.25, -0.2) is 14.8 Å². The maximum absolute atomic E-state index is 12.9. The Balaban J connectivity index is 1.43. The van der Waals surface area contributed by atoms with Gasteiger partial charge in [-0.1, -0.05) is 23.7 Å². The summed E-state index contributed by atoms with van der Waals surface area (Å²) in [7, 11) is 0. The molecule has 0 saturated carbocycles. The van der Waals surface area contributed by atoms with Crippen LogP contribution < -0.4 is 16.0 Å². The summed E-state index contributed by atoms with van der Waals surface area (Å²) in [5, 5.41) is 17.1. The van der Waals surface area contributed by atoms with Crippen molar-refractivity contribution in [3.63, 3.8) is 0 Å². The van der Waals surface area contributed by atoms with Gasteiger partial charge in [-0.05, 0) is 48.9 Å². The lowest BCUT2D eigenvalue weighted by molar-refractivity contribution is -0.137. The van der Waals surface area contributed by atoms with Crippen LogP contribution in [0.3, 0.4) is 0 Å². The lowest BCUT2D eigenvalue weighted by Crippen LogP contribution is -2.19. The van der Waals surface area contributed by atoms with Crippen LogP contribution in [0.25, 0.3) is 5.82 Å². The number of alkyl halides is 3. The Morgan fingerprint density at radius 2 is 1.84 bits per heavy atom. The molecule has 9 nitrogen and oxygen atoms in total. The molecule has 0 radical (unpaired) electrons. The smallest absolute Gasteiger partial charge is 0.392 e. The van der Waals surface area contributed by atoms with Crippen LogP contribution in [-0.4, -0.2) is 43.3 Å². The molecule has 1 atom stereocenters. The molecule has 4 N–H and O–H groups in total. The predicted molar refractivity (Wildman–Crippen MR) is 138 cm³/mol. The van der Waals surface area contributed by atoms with E-state index in [0.29, 0.717) is 36.2 Å². The molecular formula is C25H23ClF3N7O2. The van der Waals surface area contributed by atoms with E-state index in [0.717, 1.165) is 23.8 Å². The minimum absolute atomic E-state index is 0.117. The van der Waals surface area contributed by atoms with Crippen LogP contribution in [0.15, 0.2) is 67.1 Å². The van der Waals surface area contributed by atoms with Gasteiger partial charge in [-0.2, -0.15) is 18.2 Å². The second-order valence-corrected chi connectivity index (χ2v) is 8.74. The van der Waals surface area contributed by atoms with Gasteiger partial charge in [0.1, 0.15) is 11.6 Å². The van der Waals surface area contributed by atoms with Crippen molar-refractivity contribution in [2.75, 3.05) is 22.5 Å². The number of hydrogen-bond acceptors (Lipinski definition) is 6. The Morgan fingerprint density at radius 1 is 1.08 bits per heavy atom. The number of anilines is 3. The van der Waals surface area contributed by atoms with Gasteiger partial charge in [0.25, 0.3) is 0 Å². The van der Waals surface area contributed by atoms with E-state index in [1.807, 2.05) is 6.07 Å². The van der Waals surface area contributed by atoms with Gasteiger partial charge >= 0.3 is 12.2 Å². The average Bonchev–Trinajstić information content (AvgIpc) is 3.30. The third kappa shape index (κ3) is 6.99. The lowest BCUT2D eigenvalue weighted by Gasteiger charge is -2.12. The molecule has 2 aromatic heterocycles. The van der Waals surface area contributed by atoms with Gasteiger partial charge in [-0.15, -0.1) is 0 Å². The highest BCUT2D eigenvalue weighted by atomic mass is 35.5. The first-order chi connectivity index (χ1) is 18.1. The van der Waals surface area contributed by atoms with E-state index in [4.69, 9.17) is 11.6 Å². The molecule has 0 bridgehead atoms. The number of halogens is 4. The maximum atomic E-state index is 12.9. The second-order valence-electron chi connectivity index (χ2n) is 8.33. The molecule has 0 aliphatic rings. The number of nitrogens with one attached hydrogen (secondary N) is 3. The summed E-state index contributed by atoms with van der Waals surface area (Å²) < 4.78 is 40.5. The van der Waals surface area contributed by atoms with Crippen molar-refractivity contribution < 1.29 is 23.1 Å². The number of rotatable bonds is 8. The van der Waals surface area contributed by atoms with Crippen LogP contribution >= 0.6 is 11.6 Å². The van der Waals surface area contributed by atoms with Gasteiger partial charge in [0.2, 0.25) is 5.95 Å². The van der Waals surface area contributed by atoms with Crippen LogP contribution in [0.2, 0.25) is 5.02 Å². The number of aliphatic hydroxyl groups excluding tert-OH is 1. The summed E-state index contributed by atoms with van der Waals surface area (Å²) >= 11 is 5.72. The number of urea groups is 1. The molecule has 0 spiro atoms. The number of imidazole rings is 1. The third-order valence-corrected chi connectivity index (χ3v) is 5.55. The first-order valence-electron chi connectivity index (χ1n) is 11.4. The van der Waals surface area contributed by atoms with Crippen molar-refractivity contribution in [1.82, 2.24) is 19.5 Å². The zero-order chi connectivity index (χ0) is 27.3. The number of amides is 2. The maximum Gasteiger partial charge on any atom is 0.417 e. The van der Waals surface area contributed by atoms with Crippen LogP contribution in [0.4, 0.5) is 35.3 Å². The van der Waals surface area contributed by atoms with Gasteiger partial charge in [0.15, 0.2) is 0 Å². The summed E-state index contributed by atoms with van der Waals surface area (Å²) in [6.45, 7) is 1.96. The Labute approximate surface area is 220 Å². The molecule has 4 aromatic rings. The molecule has 13 heteroatoms. The number of nitrogens with zero attached hydrogens (tertiary/aromatic N) is 4. The van der Waals surface area contributed by atoms with Crippen LogP contribution in [-0.2, 0) is 12.6 Å². The largest absolute Gasteiger partial charge is 0.417 e. The first-order valence-corrected chi connectivity index (χ1v) is 11.8. The number of aliphatic hydroxyl groups is 1. The van der Waals surface area contributed by atoms with E-state index in [-0.39, 0.29) is 5.69 Å². The molecular weight excluding hydrogens is 523 g/mol. The molecule has 2 aromatic carbocycles. The van der Waals surface area contributed by atoms with E-state index in [2.05, 4.69) is 30.9 Å². The normalized spacial score (nSPS) is 12.2. The van der Waals surface area contributed by atoms with Crippen molar-refractivity contribution >= 4 is 35.0 Å². The predicted octanol–water partition coefficient (Wildman–Crippen LogP) is 5.36. The van der Waals surface area contributed by atoms with Gasteiger partial charge < -0.3 is 21.1 Å². The Hall–Kier alpha value is -4.16. The van der Waals surface area contributed by atoms with Crippen LogP contribution in [0.1, 0.15) is 23.9 Å². The van der Waals surface area contributed by atoms with Crippen LogP contribution in [0.5, 0.6) is 0 Å². The molecule has 38 heavy (non-hydrogen) atoms. The Bertz CT molecular complexity index is 1430. The summed E-state index contributed by atoms with van der Waals surface area (Å²) in [5.41, 5.74) is 0.452. The van der Waals surface area contributed by atoms with Crippen molar-refractivity contribution in [3.05, 3.63) is 89.1 Å². The molecule has 2 heterocycles. The van der Waals surface area contributed by atoms with E-state index in [1.165, 1.54) is 0 Å². The van der Waals surface area contributed by atoms with Gasteiger partial charge in [0.05, 0.1) is 16.7 Å². The lowest BCUT2D eigenvalue weighted by atomic mass is 10.1. The first kappa shape index (κ1) is 26.9. The third-order valence-electron chi connectivity index (χ3n) is 5.24. The average molecular weight is 546 g/mol. The number of carbonyl (C=O) groups is 1. The fraction of sp³-hybridized carbons (Fsp3) is 0.200. The van der Waals surface area contributed by atoms with E-state index in [9.17, 15) is 23.1 Å². The molecule has 2 amide bonds. The summed E-state index contributed by atoms with van der Waals surface area (Å²) in [4.78, 5) is 25.5. The monoisotopic (exact) mass is 545 g/mol. The SMILES string of the molecule is CC(O)CNc1nccc(-n2ccnc2Cc2cccc(NC(=O)Nc3ccc(C(F)(F)F)c(Cl)c3)c2)n1. The highest BCUT2D eigenvalue weighted by Gasteiger charge is 2.33. The minimum atomic E-state index is -4.59. The molecule has 0 aliphatic carbocycles. The zero-order valence-electron chi connectivity index (χ0n) is 20.0. The van der Waals surface area contributed by atoms with E-state index < -0.39 is 28.9 Å². The van der Waals surface area contributed by atoms with Crippen molar-refractivity contribution in [2.24, 2.45) is 0 Å². The fourth-order valence-corrected chi connectivity index (χ4v) is 3.83. The highest BCUT2D eigenvalue weighted by Crippen LogP contribution is 2.35. The van der Waals surface area contributed by atoms with E-state index >= 15 is 0 Å². The molecule has 198 valence electrons. The van der Waals surface area contributed by atoms with E-state index in [1.54, 1.807) is 54.3 Å². The number of aromatic nitrogens is 4. The Morgan fingerprint density at radius 3 is 2.55 bits per heavy atom. The number of carbonyl (C=O) groups excluding carboxylic acids is 1. The molecule has 4 rings (SSSR count). The molecule has 0 aliphatic heterocycles. The molecule has 0 saturated heterocycles. The van der Waals surface area contributed by atoms with Crippen molar-refractivity contribution in [1.29, 1.82) is 0 Å². The highest BCUT2D eigenvalue weighted by molar-refractivity contribution is 6.31. The van der Waals surface area contributed by atoms with Gasteiger partial charge in [0, 0.05) is 42.9 Å². The second kappa shape index (κ2) is 11.5. The molecule has 1 unspecified atom stereocenters. The zero-order valence-corrected chi connectivity index (χ0v) is 20.8. The van der Waals surface area contributed by atoms with Crippen molar-refractivity contribution in [2.45, 2.75) is 25.6 Å². The quantitative estimate of drug-likeness (QED) is 0.237. The summed E-state index contributed by atoms with van der Waals surface area (Å²) in [6, 6.07) is 11.1. The standard InChI is InChI=1S/C25H23ClF3N7O2/c1-15(37)14-32-23-31-8-7-21(35-23)36-10-9-30-22(36)12-16-3-2-4-17(11-16)33-24(38)34-18-5-6-19(20(26)13-18)25(27,28)29/h2-11,13,15,37H,12,14H2,1H3,(H,31,32,35)(H2,33,34,38).